The van der Waals surface area contributed by atoms with Crippen LogP contribution in [-0.4, -0.2) is 6.54 Å². The summed E-state index contributed by atoms with van der Waals surface area (Å²) < 4.78 is 18.9. The largest absolute Gasteiger partial charge is 0.467 e. The lowest BCUT2D eigenvalue weighted by Crippen LogP contribution is -2.13. The highest BCUT2D eigenvalue weighted by atomic mass is 19.1. The van der Waals surface area contributed by atoms with E-state index in [0.29, 0.717) is 6.54 Å². The number of aryl methyl sites for hydroxylation is 1. The maximum Gasteiger partial charge on any atom is 0.125 e. The Hall–Kier alpha value is -1.61. The highest BCUT2D eigenvalue weighted by Crippen LogP contribution is 2.26. The van der Waals surface area contributed by atoms with E-state index in [1.54, 1.807) is 12.3 Å². The molecular weight excluding hydrogens is 229 g/mol. The molecule has 0 saturated carbocycles. The molecule has 0 aliphatic rings. The summed E-state index contributed by atoms with van der Waals surface area (Å²) in [7, 11) is 0. The Labute approximate surface area is 107 Å². The van der Waals surface area contributed by atoms with Crippen molar-refractivity contribution in [2.45, 2.75) is 26.8 Å². The topological polar surface area (TPSA) is 25.2 Å². The molecule has 0 bridgehead atoms. The Kier molecular flexibility index (Phi) is 4.15. The Morgan fingerprint density at radius 1 is 1.28 bits per heavy atom. The average molecular weight is 247 g/mol. The molecule has 0 aliphatic carbocycles. The smallest absolute Gasteiger partial charge is 0.125 e. The molecule has 0 fully saturated rings. The molecule has 0 amide bonds. The van der Waals surface area contributed by atoms with Crippen molar-refractivity contribution in [2.75, 3.05) is 6.54 Å². The number of nitrogens with one attached hydrogen (secondary N) is 1. The van der Waals surface area contributed by atoms with Crippen molar-refractivity contribution in [2.24, 2.45) is 0 Å². The number of furan rings is 1. The van der Waals surface area contributed by atoms with Crippen LogP contribution in [0.15, 0.2) is 34.9 Å². The summed E-state index contributed by atoms with van der Waals surface area (Å²) in [6.45, 7) is 5.63. The van der Waals surface area contributed by atoms with Gasteiger partial charge in [-0.2, -0.15) is 0 Å². The summed E-state index contributed by atoms with van der Waals surface area (Å²) in [4.78, 5) is 0. The van der Waals surface area contributed by atoms with E-state index in [4.69, 9.17) is 4.42 Å². The van der Waals surface area contributed by atoms with Crippen molar-refractivity contribution in [3.8, 4) is 11.1 Å². The van der Waals surface area contributed by atoms with Gasteiger partial charge in [-0.3, -0.25) is 0 Å². The van der Waals surface area contributed by atoms with Gasteiger partial charge in [-0.15, -0.1) is 0 Å². The van der Waals surface area contributed by atoms with E-state index in [1.807, 2.05) is 19.1 Å². The number of halogens is 1. The summed E-state index contributed by atoms with van der Waals surface area (Å²) in [6, 6.07) is 6.92. The Morgan fingerprint density at radius 3 is 2.83 bits per heavy atom. The van der Waals surface area contributed by atoms with Gasteiger partial charge in [0, 0.05) is 5.56 Å². The second-order valence-corrected chi connectivity index (χ2v) is 4.45. The van der Waals surface area contributed by atoms with Crippen molar-refractivity contribution in [1.29, 1.82) is 0 Å². The molecule has 0 unspecified atom stereocenters. The predicted molar refractivity (Wildman–Crippen MR) is 70.8 cm³/mol. The van der Waals surface area contributed by atoms with Gasteiger partial charge in [0.15, 0.2) is 0 Å². The summed E-state index contributed by atoms with van der Waals surface area (Å²) in [6.07, 6.45) is 2.73. The average Bonchev–Trinajstić information content (AvgIpc) is 2.76. The fraction of sp³-hybridized carbons (Fsp3) is 0.333. The lowest BCUT2D eigenvalue weighted by Gasteiger charge is -2.05. The standard InChI is InChI=1S/C15H18FNO/c1-3-5-17-10-15-14(4-6-18-15)12-7-11(2)8-13(16)9-12/h4,6-9,17H,3,5,10H2,1-2H3. The lowest BCUT2D eigenvalue weighted by atomic mass is 10.0. The third-order valence-corrected chi connectivity index (χ3v) is 2.81. The Bertz CT molecular complexity index is 499. The van der Waals surface area contributed by atoms with Crippen LogP contribution in [0.25, 0.3) is 11.1 Å². The highest BCUT2D eigenvalue weighted by molar-refractivity contribution is 5.66. The molecule has 2 nitrogen and oxygen atoms in total. The van der Waals surface area contributed by atoms with Gasteiger partial charge in [0.1, 0.15) is 11.6 Å². The van der Waals surface area contributed by atoms with E-state index in [2.05, 4.69) is 12.2 Å². The van der Waals surface area contributed by atoms with Crippen LogP contribution in [0.2, 0.25) is 0 Å². The molecule has 18 heavy (non-hydrogen) atoms. The quantitative estimate of drug-likeness (QED) is 0.811. The first-order valence-corrected chi connectivity index (χ1v) is 6.25. The number of hydrogen-bond donors (Lipinski definition) is 1. The van der Waals surface area contributed by atoms with E-state index in [-0.39, 0.29) is 5.82 Å². The Morgan fingerprint density at radius 2 is 2.11 bits per heavy atom. The first-order valence-electron chi connectivity index (χ1n) is 6.25. The summed E-state index contributed by atoms with van der Waals surface area (Å²) in [5, 5.41) is 3.29. The molecule has 0 spiro atoms. The van der Waals surface area contributed by atoms with Gasteiger partial charge in [-0.05, 0) is 49.2 Å². The highest BCUT2D eigenvalue weighted by Gasteiger charge is 2.09. The summed E-state index contributed by atoms with van der Waals surface area (Å²) in [5.41, 5.74) is 2.74. The zero-order chi connectivity index (χ0) is 13.0. The minimum absolute atomic E-state index is 0.210. The Balaban J connectivity index is 2.24. The normalized spacial score (nSPS) is 10.8. The van der Waals surface area contributed by atoms with Crippen LogP contribution in [0.4, 0.5) is 4.39 Å². The molecule has 1 N–H and O–H groups in total. The molecule has 3 heteroatoms. The van der Waals surface area contributed by atoms with Crippen molar-refractivity contribution in [1.82, 2.24) is 5.32 Å². The third-order valence-electron chi connectivity index (χ3n) is 2.81. The van der Waals surface area contributed by atoms with Crippen molar-refractivity contribution in [3.63, 3.8) is 0 Å². The van der Waals surface area contributed by atoms with E-state index in [1.165, 1.54) is 6.07 Å². The molecule has 0 radical (unpaired) electrons. The lowest BCUT2D eigenvalue weighted by molar-refractivity contribution is 0.484. The van der Waals surface area contributed by atoms with Gasteiger partial charge >= 0.3 is 0 Å². The fourth-order valence-electron chi connectivity index (χ4n) is 2.01. The van der Waals surface area contributed by atoms with Gasteiger partial charge in [-0.25, -0.2) is 4.39 Å². The molecule has 0 atom stereocenters. The van der Waals surface area contributed by atoms with Crippen LogP contribution >= 0.6 is 0 Å². The minimum atomic E-state index is -0.210. The maximum absolute atomic E-state index is 13.4. The first kappa shape index (κ1) is 12.8. The van der Waals surface area contributed by atoms with Crippen LogP contribution < -0.4 is 5.32 Å². The van der Waals surface area contributed by atoms with Crippen molar-refractivity contribution < 1.29 is 8.81 Å². The number of rotatable bonds is 5. The van der Waals surface area contributed by atoms with Crippen LogP contribution in [0.5, 0.6) is 0 Å². The first-order chi connectivity index (χ1) is 8.70. The zero-order valence-corrected chi connectivity index (χ0v) is 10.8. The number of benzene rings is 1. The molecule has 1 aromatic carbocycles. The molecule has 2 aromatic rings. The molecule has 0 aliphatic heterocycles. The molecular formula is C15H18FNO. The van der Waals surface area contributed by atoms with Gasteiger partial charge in [0.05, 0.1) is 12.8 Å². The van der Waals surface area contributed by atoms with E-state index in [0.717, 1.165) is 35.4 Å². The molecule has 1 aromatic heterocycles. The van der Waals surface area contributed by atoms with Gasteiger partial charge in [0.25, 0.3) is 0 Å². The van der Waals surface area contributed by atoms with Gasteiger partial charge < -0.3 is 9.73 Å². The monoisotopic (exact) mass is 247 g/mol. The number of hydrogen-bond acceptors (Lipinski definition) is 2. The van der Waals surface area contributed by atoms with Crippen LogP contribution in [0, 0.1) is 12.7 Å². The molecule has 96 valence electrons. The third kappa shape index (κ3) is 2.99. The van der Waals surface area contributed by atoms with Crippen molar-refractivity contribution in [3.05, 3.63) is 47.7 Å². The van der Waals surface area contributed by atoms with Crippen molar-refractivity contribution >= 4 is 0 Å². The molecule has 2 rings (SSSR count). The maximum atomic E-state index is 13.4. The predicted octanol–water partition coefficient (Wildman–Crippen LogP) is 3.89. The molecule has 0 saturated heterocycles. The van der Waals surface area contributed by atoms with Gasteiger partial charge in [0.2, 0.25) is 0 Å². The fourth-order valence-corrected chi connectivity index (χ4v) is 2.01. The van der Waals surface area contributed by atoms with Gasteiger partial charge in [-0.1, -0.05) is 13.0 Å². The summed E-state index contributed by atoms with van der Waals surface area (Å²) in [5.74, 6) is 0.645. The minimum Gasteiger partial charge on any atom is -0.467 e. The summed E-state index contributed by atoms with van der Waals surface area (Å²) >= 11 is 0. The second kappa shape index (κ2) is 5.83. The molecule has 1 heterocycles. The van der Waals surface area contributed by atoms with Crippen LogP contribution in [-0.2, 0) is 6.54 Å². The van der Waals surface area contributed by atoms with E-state index >= 15 is 0 Å². The van der Waals surface area contributed by atoms with Crippen LogP contribution in [0.3, 0.4) is 0 Å². The second-order valence-electron chi connectivity index (χ2n) is 4.45. The van der Waals surface area contributed by atoms with E-state index in [9.17, 15) is 4.39 Å². The zero-order valence-electron chi connectivity index (χ0n) is 10.8. The SMILES string of the molecule is CCCNCc1occc1-c1cc(C)cc(F)c1. The van der Waals surface area contributed by atoms with E-state index < -0.39 is 0 Å². The van der Waals surface area contributed by atoms with Crippen LogP contribution in [0.1, 0.15) is 24.7 Å².